The molecule has 2 aromatic rings. The third-order valence-corrected chi connectivity index (χ3v) is 8.71. The zero-order chi connectivity index (χ0) is 23.2. The van der Waals surface area contributed by atoms with Gasteiger partial charge in [0, 0.05) is 32.2 Å². The first-order valence-corrected chi connectivity index (χ1v) is 13.6. The van der Waals surface area contributed by atoms with Crippen LogP contribution in [0, 0.1) is 0 Å². The van der Waals surface area contributed by atoms with Gasteiger partial charge in [0.2, 0.25) is 26.0 Å². The number of carbonyl (C=O) groups excluding carboxylic acids is 1. The van der Waals surface area contributed by atoms with Gasteiger partial charge in [-0.15, -0.1) is 0 Å². The molecule has 0 unspecified atom stereocenters. The monoisotopic (exact) mass is 479 g/mol. The van der Waals surface area contributed by atoms with Crippen LogP contribution in [0.25, 0.3) is 0 Å². The summed E-state index contributed by atoms with van der Waals surface area (Å²) in [6.45, 7) is 2.66. The Balaban J connectivity index is 1.57. The summed E-state index contributed by atoms with van der Waals surface area (Å²) in [6, 6.07) is 12.5. The summed E-state index contributed by atoms with van der Waals surface area (Å²) in [5, 5.41) is 2.59. The van der Waals surface area contributed by atoms with E-state index in [0.717, 1.165) is 31.2 Å². The Morgan fingerprint density at radius 2 is 1.41 bits per heavy atom. The summed E-state index contributed by atoms with van der Waals surface area (Å²) >= 11 is 0. The molecule has 1 fully saturated rings. The SMILES string of the molecule is CC(=O)Nc1ccc(S(=O)(=O)NCCc2ccc(S(=O)(=O)N3CCCCCC3)cc2)cc1. The van der Waals surface area contributed by atoms with Gasteiger partial charge in [-0.2, -0.15) is 4.31 Å². The van der Waals surface area contributed by atoms with Gasteiger partial charge in [0.05, 0.1) is 9.79 Å². The lowest BCUT2D eigenvalue weighted by Gasteiger charge is -2.20. The number of carbonyl (C=O) groups is 1. The molecule has 0 atom stereocenters. The summed E-state index contributed by atoms with van der Waals surface area (Å²) in [5.41, 5.74) is 1.36. The standard InChI is InChI=1S/C22H29N3O5S2/c1-18(26)24-20-8-12-21(13-9-20)31(27,28)23-15-14-19-6-10-22(11-7-19)32(29,30)25-16-4-2-3-5-17-25/h6-13,23H,2-5,14-17H2,1H3,(H,24,26). The van der Waals surface area contributed by atoms with E-state index in [0.29, 0.717) is 25.2 Å². The molecule has 10 heteroatoms. The van der Waals surface area contributed by atoms with Crippen molar-refractivity contribution in [2.75, 3.05) is 25.0 Å². The van der Waals surface area contributed by atoms with Crippen LogP contribution in [0.5, 0.6) is 0 Å². The van der Waals surface area contributed by atoms with Gasteiger partial charge >= 0.3 is 0 Å². The summed E-state index contributed by atoms with van der Waals surface area (Å²) in [7, 11) is -7.19. The molecule has 174 valence electrons. The minimum absolute atomic E-state index is 0.102. The van der Waals surface area contributed by atoms with Crippen LogP contribution < -0.4 is 10.0 Å². The minimum atomic E-state index is -3.69. The molecule has 1 amide bonds. The van der Waals surface area contributed by atoms with E-state index in [9.17, 15) is 21.6 Å². The zero-order valence-corrected chi connectivity index (χ0v) is 19.7. The second kappa shape index (κ2) is 10.6. The quantitative estimate of drug-likeness (QED) is 0.605. The Hall–Kier alpha value is -2.27. The molecular formula is C22H29N3O5S2. The highest BCUT2D eigenvalue weighted by atomic mass is 32.2. The molecule has 3 rings (SSSR count). The number of nitrogens with one attached hydrogen (secondary N) is 2. The van der Waals surface area contributed by atoms with Crippen LogP contribution in [0.2, 0.25) is 0 Å². The van der Waals surface area contributed by atoms with E-state index >= 15 is 0 Å². The first-order valence-electron chi connectivity index (χ1n) is 10.6. The summed E-state index contributed by atoms with van der Waals surface area (Å²) in [4.78, 5) is 11.4. The number of anilines is 1. The fourth-order valence-corrected chi connectivity index (χ4v) is 6.14. The molecule has 0 aliphatic carbocycles. The van der Waals surface area contributed by atoms with Crippen molar-refractivity contribution in [1.82, 2.24) is 9.03 Å². The number of hydrogen-bond acceptors (Lipinski definition) is 5. The molecule has 0 aromatic heterocycles. The molecule has 1 heterocycles. The molecule has 2 aromatic carbocycles. The van der Waals surface area contributed by atoms with E-state index < -0.39 is 20.0 Å². The molecule has 8 nitrogen and oxygen atoms in total. The van der Waals surface area contributed by atoms with Crippen molar-refractivity contribution in [3.05, 3.63) is 54.1 Å². The number of amides is 1. The Labute approximate surface area is 190 Å². The predicted octanol–water partition coefficient (Wildman–Crippen LogP) is 2.73. The van der Waals surface area contributed by atoms with Crippen LogP contribution in [0.4, 0.5) is 5.69 Å². The third kappa shape index (κ3) is 6.38. The van der Waals surface area contributed by atoms with Crippen molar-refractivity contribution >= 4 is 31.6 Å². The van der Waals surface area contributed by atoms with Crippen LogP contribution >= 0.6 is 0 Å². The topological polar surface area (TPSA) is 113 Å². The molecule has 1 aliphatic heterocycles. The maximum Gasteiger partial charge on any atom is 0.243 e. The van der Waals surface area contributed by atoms with Crippen LogP contribution in [0.3, 0.4) is 0 Å². The molecule has 1 saturated heterocycles. The smallest absolute Gasteiger partial charge is 0.243 e. The van der Waals surface area contributed by atoms with Crippen molar-refractivity contribution in [3.8, 4) is 0 Å². The number of nitrogens with zero attached hydrogens (tertiary/aromatic N) is 1. The average molecular weight is 480 g/mol. The summed E-state index contributed by atoms with van der Waals surface area (Å²) < 4.78 is 54.7. The lowest BCUT2D eigenvalue weighted by molar-refractivity contribution is -0.114. The van der Waals surface area contributed by atoms with E-state index in [-0.39, 0.29) is 22.2 Å². The summed E-state index contributed by atoms with van der Waals surface area (Å²) in [6.07, 6.45) is 4.30. The highest BCUT2D eigenvalue weighted by Crippen LogP contribution is 2.21. The van der Waals surface area contributed by atoms with Gasteiger partial charge in [-0.25, -0.2) is 21.6 Å². The minimum Gasteiger partial charge on any atom is -0.326 e. The third-order valence-electron chi connectivity index (χ3n) is 5.32. The Kier molecular flexibility index (Phi) is 8.05. The van der Waals surface area contributed by atoms with Gasteiger partial charge in [0.15, 0.2) is 0 Å². The Morgan fingerprint density at radius 1 is 0.844 bits per heavy atom. The van der Waals surface area contributed by atoms with Gasteiger partial charge in [-0.3, -0.25) is 4.79 Å². The normalized spacial score (nSPS) is 15.8. The largest absolute Gasteiger partial charge is 0.326 e. The van der Waals surface area contributed by atoms with Gasteiger partial charge in [0.1, 0.15) is 0 Å². The van der Waals surface area contributed by atoms with Gasteiger partial charge in [-0.1, -0.05) is 25.0 Å². The van der Waals surface area contributed by atoms with Crippen LogP contribution in [0.1, 0.15) is 38.2 Å². The first-order chi connectivity index (χ1) is 15.2. The summed E-state index contributed by atoms with van der Waals surface area (Å²) in [5.74, 6) is -0.232. The fraction of sp³-hybridized carbons (Fsp3) is 0.409. The molecule has 0 radical (unpaired) electrons. The zero-order valence-electron chi connectivity index (χ0n) is 18.1. The number of hydrogen-bond donors (Lipinski definition) is 2. The molecule has 0 bridgehead atoms. The van der Waals surface area contributed by atoms with Crippen molar-refractivity contribution < 1.29 is 21.6 Å². The number of sulfonamides is 2. The molecular weight excluding hydrogens is 450 g/mol. The van der Waals surface area contributed by atoms with Crippen molar-refractivity contribution in [1.29, 1.82) is 0 Å². The van der Waals surface area contributed by atoms with Crippen molar-refractivity contribution in [2.24, 2.45) is 0 Å². The molecule has 2 N–H and O–H groups in total. The predicted molar refractivity (Wildman–Crippen MR) is 123 cm³/mol. The van der Waals surface area contributed by atoms with E-state index in [1.54, 1.807) is 28.6 Å². The van der Waals surface area contributed by atoms with Crippen LogP contribution in [-0.4, -0.2) is 46.7 Å². The van der Waals surface area contributed by atoms with Crippen molar-refractivity contribution in [3.63, 3.8) is 0 Å². The van der Waals surface area contributed by atoms with Crippen LogP contribution in [0.15, 0.2) is 58.3 Å². The highest BCUT2D eigenvalue weighted by Gasteiger charge is 2.24. The molecule has 32 heavy (non-hydrogen) atoms. The van der Waals surface area contributed by atoms with Gasteiger partial charge in [0.25, 0.3) is 0 Å². The fourth-order valence-electron chi connectivity index (χ4n) is 3.59. The molecule has 0 spiro atoms. The molecule has 1 aliphatic rings. The van der Waals surface area contributed by atoms with E-state index in [2.05, 4.69) is 10.0 Å². The number of rotatable bonds is 8. The van der Waals surface area contributed by atoms with Crippen molar-refractivity contribution in [2.45, 2.75) is 48.8 Å². The van der Waals surface area contributed by atoms with Gasteiger partial charge < -0.3 is 5.32 Å². The second-order valence-electron chi connectivity index (χ2n) is 7.82. The Bertz CT molecular complexity index is 1120. The van der Waals surface area contributed by atoms with E-state index in [1.165, 1.54) is 31.2 Å². The molecule has 0 saturated carbocycles. The van der Waals surface area contributed by atoms with Gasteiger partial charge in [-0.05, 0) is 61.2 Å². The maximum absolute atomic E-state index is 12.8. The maximum atomic E-state index is 12.8. The highest BCUT2D eigenvalue weighted by molar-refractivity contribution is 7.89. The van der Waals surface area contributed by atoms with E-state index in [1.807, 2.05) is 0 Å². The first kappa shape index (κ1) is 24.4. The lowest BCUT2D eigenvalue weighted by atomic mass is 10.2. The number of benzene rings is 2. The Morgan fingerprint density at radius 3 is 1.97 bits per heavy atom. The van der Waals surface area contributed by atoms with E-state index in [4.69, 9.17) is 0 Å². The lowest BCUT2D eigenvalue weighted by Crippen LogP contribution is -2.31. The second-order valence-corrected chi connectivity index (χ2v) is 11.5. The van der Waals surface area contributed by atoms with Crippen LogP contribution in [-0.2, 0) is 31.3 Å². The average Bonchev–Trinajstić information content (AvgIpc) is 3.04.